The topological polar surface area (TPSA) is 64.7 Å². The van der Waals surface area contributed by atoms with Crippen LogP contribution in [-0.4, -0.2) is 25.5 Å². The van der Waals surface area contributed by atoms with Crippen LogP contribution in [-0.2, 0) is 36.9 Å². The first-order valence-electron chi connectivity index (χ1n) is 10.0. The van der Waals surface area contributed by atoms with Crippen LogP contribution in [0.25, 0.3) is 0 Å². The number of anilines is 1. The lowest BCUT2D eigenvalue weighted by molar-refractivity contribution is -0.142. The van der Waals surface area contributed by atoms with Crippen LogP contribution in [0.4, 0.5) is 19.0 Å². The molecule has 0 saturated heterocycles. The number of fused-ring (bicyclic) bond motifs is 1. The smallest absolute Gasteiger partial charge is 0.308 e. The van der Waals surface area contributed by atoms with Gasteiger partial charge in [0.15, 0.2) is 11.5 Å². The van der Waals surface area contributed by atoms with Gasteiger partial charge >= 0.3 is 6.18 Å². The number of hydrogen-bond acceptors (Lipinski definition) is 3. The van der Waals surface area contributed by atoms with Crippen molar-refractivity contribution in [3.05, 3.63) is 64.1 Å². The van der Waals surface area contributed by atoms with Crippen molar-refractivity contribution in [3.63, 3.8) is 0 Å². The lowest BCUT2D eigenvalue weighted by Crippen LogP contribution is -2.22. The van der Waals surface area contributed by atoms with Crippen LogP contribution in [0.3, 0.4) is 0 Å². The van der Waals surface area contributed by atoms with Crippen LogP contribution in [0.15, 0.2) is 36.5 Å². The first kappa shape index (κ1) is 21.4. The van der Waals surface area contributed by atoms with E-state index in [1.54, 1.807) is 23.0 Å². The minimum atomic E-state index is -4.53. The van der Waals surface area contributed by atoms with Gasteiger partial charge in [0.1, 0.15) is 6.54 Å². The number of carbonyl (C=O) groups excluding carboxylic acids is 1. The molecule has 10 heteroatoms. The van der Waals surface area contributed by atoms with Crippen LogP contribution in [0.1, 0.15) is 41.8 Å². The normalized spacial score (nSPS) is 14.2. The summed E-state index contributed by atoms with van der Waals surface area (Å²) in [6.07, 6.45) is 0.332. The van der Waals surface area contributed by atoms with E-state index in [0.29, 0.717) is 42.3 Å². The molecule has 0 saturated carbocycles. The van der Waals surface area contributed by atoms with Gasteiger partial charge in [0, 0.05) is 28.5 Å². The molecule has 1 aliphatic carbocycles. The quantitative estimate of drug-likeness (QED) is 0.571. The SMILES string of the molecule is O=C(Cn1nc(C(F)(F)F)c2c1CCCCC2)Nc1ccn(Cc2cccc(Cl)c2)n1. The van der Waals surface area contributed by atoms with E-state index >= 15 is 0 Å². The number of halogens is 4. The summed E-state index contributed by atoms with van der Waals surface area (Å²) in [5.41, 5.74) is 0.811. The number of amides is 1. The van der Waals surface area contributed by atoms with Crippen molar-refractivity contribution in [3.8, 4) is 0 Å². The third kappa shape index (κ3) is 5.10. The highest BCUT2D eigenvalue weighted by atomic mass is 35.5. The zero-order valence-corrected chi connectivity index (χ0v) is 17.4. The Balaban J connectivity index is 1.46. The molecular weight excluding hydrogens is 431 g/mol. The van der Waals surface area contributed by atoms with Crippen molar-refractivity contribution >= 4 is 23.3 Å². The third-order valence-electron chi connectivity index (χ3n) is 5.21. The van der Waals surface area contributed by atoms with Gasteiger partial charge in [-0.25, -0.2) is 0 Å². The molecule has 0 radical (unpaired) electrons. The average Bonchev–Trinajstić information content (AvgIpc) is 3.17. The highest BCUT2D eigenvalue weighted by Gasteiger charge is 2.39. The Hall–Kier alpha value is -2.81. The lowest BCUT2D eigenvalue weighted by Gasteiger charge is -2.07. The number of carbonyl (C=O) groups is 1. The van der Waals surface area contributed by atoms with Crippen LogP contribution in [0, 0.1) is 0 Å². The molecule has 164 valence electrons. The standard InChI is InChI=1S/C21H21ClF3N5O/c22-15-6-4-5-14(11-15)12-29-10-9-18(27-29)26-19(31)13-30-17-8-3-1-2-7-16(17)20(28-30)21(23,24)25/h4-6,9-11H,1-3,7-8,12-13H2,(H,26,27,31). The molecule has 31 heavy (non-hydrogen) atoms. The molecule has 3 aromatic rings. The summed E-state index contributed by atoms with van der Waals surface area (Å²) in [5, 5.41) is 11.3. The molecule has 2 aromatic heterocycles. The molecule has 1 amide bonds. The van der Waals surface area contributed by atoms with Crippen LogP contribution >= 0.6 is 11.6 Å². The van der Waals surface area contributed by atoms with Crippen molar-refractivity contribution < 1.29 is 18.0 Å². The largest absolute Gasteiger partial charge is 0.435 e. The Kier molecular flexibility index (Phi) is 6.04. The molecule has 6 nitrogen and oxygen atoms in total. The summed E-state index contributed by atoms with van der Waals surface area (Å²) >= 11 is 5.99. The Labute approximate surface area is 182 Å². The molecule has 0 aliphatic heterocycles. The molecule has 0 spiro atoms. The van der Waals surface area contributed by atoms with Crippen LogP contribution in [0.2, 0.25) is 5.02 Å². The average molecular weight is 452 g/mol. The number of nitrogens with zero attached hydrogens (tertiary/aromatic N) is 4. The summed E-state index contributed by atoms with van der Waals surface area (Å²) in [5.74, 6) is -0.155. The second-order valence-electron chi connectivity index (χ2n) is 7.57. The molecule has 4 rings (SSSR count). The Morgan fingerprint density at radius 1 is 1.13 bits per heavy atom. The minimum absolute atomic E-state index is 0.226. The molecular formula is C21H21ClF3N5O. The summed E-state index contributed by atoms with van der Waals surface area (Å²) in [7, 11) is 0. The Bertz CT molecular complexity index is 1090. The molecule has 0 unspecified atom stereocenters. The summed E-state index contributed by atoms with van der Waals surface area (Å²) < 4.78 is 43.1. The molecule has 1 aromatic carbocycles. The van der Waals surface area contributed by atoms with E-state index in [9.17, 15) is 18.0 Å². The number of hydrogen-bond donors (Lipinski definition) is 1. The molecule has 0 fully saturated rings. The molecule has 1 N–H and O–H groups in total. The molecule has 0 bridgehead atoms. The van der Waals surface area contributed by atoms with Gasteiger partial charge in [0.25, 0.3) is 0 Å². The first-order chi connectivity index (χ1) is 14.8. The highest BCUT2D eigenvalue weighted by Crippen LogP contribution is 2.35. The summed E-state index contributed by atoms with van der Waals surface area (Å²) in [4.78, 5) is 12.5. The van der Waals surface area contributed by atoms with E-state index in [1.807, 2.05) is 18.2 Å². The fourth-order valence-corrected chi connectivity index (χ4v) is 4.08. The van der Waals surface area contributed by atoms with Gasteiger partial charge in [-0.3, -0.25) is 14.2 Å². The fraction of sp³-hybridized carbons (Fsp3) is 0.381. The molecule has 0 atom stereocenters. The van der Waals surface area contributed by atoms with Gasteiger partial charge in [-0.15, -0.1) is 0 Å². The first-order valence-corrected chi connectivity index (χ1v) is 10.4. The van der Waals surface area contributed by atoms with Crippen molar-refractivity contribution in [1.29, 1.82) is 0 Å². The number of nitrogens with one attached hydrogen (secondary N) is 1. The van der Waals surface area contributed by atoms with Gasteiger partial charge in [0.2, 0.25) is 5.91 Å². The zero-order valence-electron chi connectivity index (χ0n) is 16.6. The van der Waals surface area contributed by atoms with Crippen LogP contribution < -0.4 is 5.32 Å². The molecule has 1 aliphatic rings. The second-order valence-corrected chi connectivity index (χ2v) is 8.00. The highest BCUT2D eigenvalue weighted by molar-refractivity contribution is 6.30. The maximum atomic E-state index is 13.4. The Morgan fingerprint density at radius 3 is 2.71 bits per heavy atom. The van der Waals surface area contributed by atoms with Gasteiger partial charge in [-0.1, -0.05) is 30.2 Å². The van der Waals surface area contributed by atoms with Gasteiger partial charge < -0.3 is 5.32 Å². The van der Waals surface area contributed by atoms with E-state index in [0.717, 1.165) is 18.4 Å². The van der Waals surface area contributed by atoms with Crippen molar-refractivity contribution in [1.82, 2.24) is 19.6 Å². The lowest BCUT2D eigenvalue weighted by atomic mass is 10.1. The van der Waals surface area contributed by atoms with Crippen LogP contribution in [0.5, 0.6) is 0 Å². The zero-order chi connectivity index (χ0) is 22.0. The number of aromatic nitrogens is 4. The van der Waals surface area contributed by atoms with Crippen molar-refractivity contribution in [2.24, 2.45) is 0 Å². The van der Waals surface area contributed by atoms with E-state index < -0.39 is 17.8 Å². The number of alkyl halides is 3. The predicted molar refractivity (Wildman–Crippen MR) is 110 cm³/mol. The monoisotopic (exact) mass is 451 g/mol. The Morgan fingerprint density at radius 2 is 1.94 bits per heavy atom. The van der Waals surface area contributed by atoms with Gasteiger partial charge in [-0.05, 0) is 43.4 Å². The maximum Gasteiger partial charge on any atom is 0.435 e. The second kappa shape index (κ2) is 8.74. The minimum Gasteiger partial charge on any atom is -0.308 e. The van der Waals surface area contributed by atoms with E-state index in [-0.39, 0.29) is 12.1 Å². The third-order valence-corrected chi connectivity index (χ3v) is 5.45. The summed E-state index contributed by atoms with van der Waals surface area (Å²) in [6.45, 7) is 0.178. The number of benzene rings is 1. The van der Waals surface area contributed by atoms with Gasteiger partial charge in [-0.2, -0.15) is 23.4 Å². The molecule has 2 heterocycles. The van der Waals surface area contributed by atoms with Crippen molar-refractivity contribution in [2.45, 2.75) is 51.4 Å². The number of rotatable bonds is 5. The van der Waals surface area contributed by atoms with Crippen molar-refractivity contribution in [2.75, 3.05) is 5.32 Å². The summed E-state index contributed by atoms with van der Waals surface area (Å²) in [6, 6.07) is 8.98. The van der Waals surface area contributed by atoms with E-state index in [1.165, 1.54) is 4.68 Å². The fourth-order valence-electron chi connectivity index (χ4n) is 3.86. The van der Waals surface area contributed by atoms with E-state index in [2.05, 4.69) is 15.5 Å². The maximum absolute atomic E-state index is 13.4. The van der Waals surface area contributed by atoms with E-state index in [4.69, 9.17) is 11.6 Å². The van der Waals surface area contributed by atoms with Gasteiger partial charge in [0.05, 0.1) is 6.54 Å². The predicted octanol–water partition coefficient (Wildman–Crippen LogP) is 4.71.